The lowest BCUT2D eigenvalue weighted by Gasteiger charge is -2.11. The number of hydrogen-bond donors (Lipinski definition) is 2. The number of benzene rings is 1. The molecule has 0 aliphatic rings. The number of hydrogen-bond acceptors (Lipinski definition) is 4. The molecule has 1 atom stereocenters. The van der Waals surface area contributed by atoms with Crippen LogP contribution in [0.4, 0.5) is 10.2 Å². The smallest absolute Gasteiger partial charge is 0.148 e. The fourth-order valence-corrected chi connectivity index (χ4v) is 1.50. The van der Waals surface area contributed by atoms with E-state index in [0.717, 1.165) is 5.56 Å². The minimum absolute atomic E-state index is 0.149. The molecule has 0 radical (unpaired) electrons. The van der Waals surface area contributed by atoms with E-state index in [1.807, 2.05) is 19.1 Å². The Labute approximate surface area is 105 Å². The maximum atomic E-state index is 12.8. The SMILES string of the molecule is CC(CN)Nc1ccc(-c2ccc(F)cc2)nn1. The predicted molar refractivity (Wildman–Crippen MR) is 69.6 cm³/mol. The lowest BCUT2D eigenvalue weighted by atomic mass is 10.1. The third-order valence-electron chi connectivity index (χ3n) is 2.55. The molecule has 5 heteroatoms. The van der Waals surface area contributed by atoms with Gasteiger partial charge in [-0.2, -0.15) is 0 Å². The molecule has 0 amide bonds. The number of anilines is 1. The Morgan fingerprint density at radius 2 is 1.89 bits per heavy atom. The van der Waals surface area contributed by atoms with Gasteiger partial charge in [0.1, 0.15) is 11.6 Å². The molecule has 1 aromatic heterocycles. The van der Waals surface area contributed by atoms with Gasteiger partial charge in [0, 0.05) is 18.2 Å². The van der Waals surface area contributed by atoms with Gasteiger partial charge in [-0.05, 0) is 43.3 Å². The molecule has 4 nitrogen and oxygen atoms in total. The largest absolute Gasteiger partial charge is 0.365 e. The normalized spacial score (nSPS) is 12.2. The standard InChI is InChI=1S/C13H15FN4/c1-9(8-15)16-13-7-6-12(17-18-13)10-2-4-11(14)5-3-10/h2-7,9H,8,15H2,1H3,(H,16,18). The zero-order valence-corrected chi connectivity index (χ0v) is 10.1. The highest BCUT2D eigenvalue weighted by Crippen LogP contribution is 2.17. The molecule has 1 heterocycles. The molecule has 3 N–H and O–H groups in total. The number of aromatic nitrogens is 2. The molecular weight excluding hydrogens is 231 g/mol. The van der Waals surface area contributed by atoms with Crippen LogP contribution < -0.4 is 11.1 Å². The van der Waals surface area contributed by atoms with Crippen molar-refractivity contribution in [1.82, 2.24) is 10.2 Å². The fraction of sp³-hybridized carbons (Fsp3) is 0.231. The van der Waals surface area contributed by atoms with E-state index in [2.05, 4.69) is 15.5 Å². The summed E-state index contributed by atoms with van der Waals surface area (Å²) in [6.07, 6.45) is 0. The lowest BCUT2D eigenvalue weighted by molar-refractivity contribution is 0.628. The van der Waals surface area contributed by atoms with Crippen LogP contribution in [0, 0.1) is 5.82 Å². The van der Waals surface area contributed by atoms with Crippen molar-refractivity contribution in [2.24, 2.45) is 5.73 Å². The minimum Gasteiger partial charge on any atom is -0.365 e. The van der Waals surface area contributed by atoms with Gasteiger partial charge in [-0.15, -0.1) is 10.2 Å². The van der Waals surface area contributed by atoms with Gasteiger partial charge >= 0.3 is 0 Å². The van der Waals surface area contributed by atoms with E-state index < -0.39 is 0 Å². The molecule has 94 valence electrons. The third-order valence-corrected chi connectivity index (χ3v) is 2.55. The molecule has 0 saturated heterocycles. The Kier molecular flexibility index (Phi) is 3.84. The van der Waals surface area contributed by atoms with Gasteiger partial charge < -0.3 is 11.1 Å². The van der Waals surface area contributed by atoms with Gasteiger partial charge in [0.25, 0.3) is 0 Å². The lowest BCUT2D eigenvalue weighted by Crippen LogP contribution is -2.25. The van der Waals surface area contributed by atoms with E-state index in [4.69, 9.17) is 5.73 Å². The molecule has 0 saturated carbocycles. The monoisotopic (exact) mass is 246 g/mol. The summed E-state index contributed by atoms with van der Waals surface area (Å²) in [6.45, 7) is 2.50. The van der Waals surface area contributed by atoms with Crippen molar-refractivity contribution in [2.75, 3.05) is 11.9 Å². The highest BCUT2D eigenvalue weighted by Gasteiger charge is 2.03. The number of nitrogens with zero attached hydrogens (tertiary/aromatic N) is 2. The van der Waals surface area contributed by atoms with E-state index in [1.165, 1.54) is 12.1 Å². The summed E-state index contributed by atoms with van der Waals surface area (Å²) in [5.41, 5.74) is 7.05. The summed E-state index contributed by atoms with van der Waals surface area (Å²) in [5, 5.41) is 11.3. The molecule has 1 unspecified atom stereocenters. The van der Waals surface area contributed by atoms with Crippen molar-refractivity contribution >= 4 is 5.82 Å². The van der Waals surface area contributed by atoms with Gasteiger partial charge in [-0.1, -0.05) is 0 Å². The average Bonchev–Trinajstić information content (AvgIpc) is 2.40. The quantitative estimate of drug-likeness (QED) is 0.866. The first-order valence-corrected chi connectivity index (χ1v) is 5.75. The van der Waals surface area contributed by atoms with Crippen LogP contribution in [0.3, 0.4) is 0 Å². The minimum atomic E-state index is -0.262. The van der Waals surface area contributed by atoms with E-state index in [1.54, 1.807) is 12.1 Å². The van der Waals surface area contributed by atoms with Crippen molar-refractivity contribution in [3.05, 3.63) is 42.2 Å². The molecule has 18 heavy (non-hydrogen) atoms. The first-order valence-electron chi connectivity index (χ1n) is 5.75. The molecule has 1 aromatic carbocycles. The number of halogens is 1. The fourth-order valence-electron chi connectivity index (χ4n) is 1.50. The third kappa shape index (κ3) is 3.01. The first kappa shape index (κ1) is 12.4. The maximum absolute atomic E-state index is 12.8. The second-order valence-electron chi connectivity index (χ2n) is 4.09. The molecule has 0 spiro atoms. The number of nitrogens with two attached hydrogens (primary N) is 1. The van der Waals surface area contributed by atoms with E-state index in [0.29, 0.717) is 18.1 Å². The van der Waals surface area contributed by atoms with Crippen molar-refractivity contribution in [1.29, 1.82) is 0 Å². The van der Waals surface area contributed by atoms with Gasteiger partial charge in [-0.25, -0.2) is 4.39 Å². The summed E-state index contributed by atoms with van der Waals surface area (Å²) in [7, 11) is 0. The van der Waals surface area contributed by atoms with Gasteiger partial charge in [0.15, 0.2) is 0 Å². The van der Waals surface area contributed by atoms with Gasteiger partial charge in [0.2, 0.25) is 0 Å². The molecule has 0 bridgehead atoms. The highest BCUT2D eigenvalue weighted by atomic mass is 19.1. The Morgan fingerprint density at radius 3 is 2.44 bits per heavy atom. The van der Waals surface area contributed by atoms with Crippen LogP contribution in [0.2, 0.25) is 0 Å². The highest BCUT2D eigenvalue weighted by molar-refractivity contribution is 5.59. The van der Waals surface area contributed by atoms with Crippen LogP contribution in [-0.4, -0.2) is 22.8 Å². The molecular formula is C13H15FN4. The second-order valence-corrected chi connectivity index (χ2v) is 4.09. The summed E-state index contributed by atoms with van der Waals surface area (Å²) < 4.78 is 12.8. The summed E-state index contributed by atoms with van der Waals surface area (Å²) in [4.78, 5) is 0. The van der Waals surface area contributed by atoms with Gasteiger partial charge in [-0.3, -0.25) is 0 Å². The van der Waals surface area contributed by atoms with Crippen molar-refractivity contribution < 1.29 is 4.39 Å². The van der Waals surface area contributed by atoms with E-state index in [9.17, 15) is 4.39 Å². The number of rotatable bonds is 4. The summed E-state index contributed by atoms with van der Waals surface area (Å²) in [5.74, 6) is 0.417. The molecule has 0 aliphatic heterocycles. The Hall–Kier alpha value is -2.01. The Balaban J connectivity index is 2.14. The molecule has 2 aromatic rings. The second kappa shape index (κ2) is 5.55. The van der Waals surface area contributed by atoms with Crippen molar-refractivity contribution in [2.45, 2.75) is 13.0 Å². The maximum Gasteiger partial charge on any atom is 0.148 e. The Morgan fingerprint density at radius 1 is 1.17 bits per heavy atom. The molecule has 0 fully saturated rings. The van der Waals surface area contributed by atoms with Crippen LogP contribution in [0.1, 0.15) is 6.92 Å². The van der Waals surface area contributed by atoms with E-state index in [-0.39, 0.29) is 11.9 Å². The van der Waals surface area contributed by atoms with Crippen LogP contribution in [0.5, 0.6) is 0 Å². The van der Waals surface area contributed by atoms with E-state index >= 15 is 0 Å². The van der Waals surface area contributed by atoms with Crippen LogP contribution in [0.25, 0.3) is 11.3 Å². The summed E-state index contributed by atoms with van der Waals surface area (Å²) >= 11 is 0. The average molecular weight is 246 g/mol. The van der Waals surface area contributed by atoms with Crippen molar-refractivity contribution in [3.8, 4) is 11.3 Å². The van der Waals surface area contributed by atoms with Crippen LogP contribution >= 0.6 is 0 Å². The van der Waals surface area contributed by atoms with Gasteiger partial charge in [0.05, 0.1) is 5.69 Å². The van der Waals surface area contributed by atoms with Crippen molar-refractivity contribution in [3.63, 3.8) is 0 Å². The zero-order chi connectivity index (χ0) is 13.0. The van der Waals surface area contributed by atoms with Crippen LogP contribution in [-0.2, 0) is 0 Å². The number of nitrogens with one attached hydrogen (secondary N) is 1. The topological polar surface area (TPSA) is 63.8 Å². The Bertz CT molecular complexity index is 495. The first-order chi connectivity index (χ1) is 8.69. The predicted octanol–water partition coefficient (Wildman–Crippen LogP) is 2.04. The zero-order valence-electron chi connectivity index (χ0n) is 10.1. The molecule has 0 aliphatic carbocycles. The van der Waals surface area contributed by atoms with Crippen LogP contribution in [0.15, 0.2) is 36.4 Å². The molecule has 2 rings (SSSR count). The summed E-state index contributed by atoms with van der Waals surface area (Å²) in [6, 6.07) is 9.98.